The van der Waals surface area contributed by atoms with Crippen LogP contribution >= 0.6 is 0 Å². The molecule has 1 aliphatic rings. The van der Waals surface area contributed by atoms with Crippen molar-refractivity contribution in [3.63, 3.8) is 0 Å². The summed E-state index contributed by atoms with van der Waals surface area (Å²) in [5, 5.41) is 26.7. The number of methoxy groups -OCH3 is 2. The largest absolute Gasteiger partial charge is 0.478 e. The van der Waals surface area contributed by atoms with Gasteiger partial charge in [0.1, 0.15) is 11.5 Å². The second-order valence-corrected chi connectivity index (χ2v) is 7.47. The molecule has 0 saturated heterocycles. The molecule has 0 fully saturated rings. The lowest BCUT2D eigenvalue weighted by molar-refractivity contribution is -0.139. The van der Waals surface area contributed by atoms with Gasteiger partial charge in [-0.3, -0.25) is 10.00 Å². The first kappa shape index (κ1) is 23.1. The van der Waals surface area contributed by atoms with Crippen LogP contribution in [0.1, 0.15) is 21.8 Å². The number of aromatic nitrogens is 2. The third kappa shape index (κ3) is 3.72. The number of nitrogens with one attached hydrogen (secondary N) is 1. The number of nitriles is 1. The molecule has 0 bridgehead atoms. The number of H-pyrrole nitrogens is 1. The number of aromatic amines is 1. The van der Waals surface area contributed by atoms with E-state index in [2.05, 4.69) is 10.2 Å². The van der Waals surface area contributed by atoms with E-state index in [0.29, 0.717) is 10.9 Å². The highest BCUT2D eigenvalue weighted by Gasteiger charge is 2.43. The summed E-state index contributed by atoms with van der Waals surface area (Å²) in [6.07, 6.45) is 1.40. The number of benzene rings is 2. The molecule has 0 aliphatic carbocycles. The van der Waals surface area contributed by atoms with E-state index in [0.717, 1.165) is 19.1 Å². The topological polar surface area (TPSA) is 172 Å². The molecule has 0 radical (unpaired) electrons. The summed E-state index contributed by atoms with van der Waals surface area (Å²) in [6, 6.07) is 13.4. The van der Waals surface area contributed by atoms with E-state index in [1.807, 2.05) is 6.07 Å². The first-order chi connectivity index (χ1) is 16.8. The summed E-state index contributed by atoms with van der Waals surface area (Å²) in [5.41, 5.74) is 6.65. The molecule has 11 nitrogen and oxygen atoms in total. The molecule has 4 rings (SSSR count). The molecular weight excluding hydrogens is 454 g/mol. The predicted octanol–water partition coefficient (Wildman–Crippen LogP) is 2.16. The number of aromatic carboxylic acids is 1. The lowest BCUT2D eigenvalue weighted by Gasteiger charge is -2.36. The summed E-state index contributed by atoms with van der Waals surface area (Å²) in [4.78, 5) is 39.3. The lowest BCUT2D eigenvalue weighted by atomic mass is 9.81. The van der Waals surface area contributed by atoms with Gasteiger partial charge < -0.3 is 20.3 Å². The zero-order valence-electron chi connectivity index (χ0n) is 18.6. The number of ether oxygens (including phenoxy) is 2. The van der Waals surface area contributed by atoms with Gasteiger partial charge in [-0.2, -0.15) is 10.4 Å². The third-order valence-electron chi connectivity index (χ3n) is 5.63. The molecule has 1 atom stereocenters. The minimum atomic E-state index is -1.26. The minimum Gasteiger partial charge on any atom is -0.478 e. The van der Waals surface area contributed by atoms with Crippen LogP contribution in [-0.4, -0.2) is 47.4 Å². The summed E-state index contributed by atoms with van der Waals surface area (Å²) in [7, 11) is 2.27. The molecule has 0 amide bonds. The number of anilines is 1. The van der Waals surface area contributed by atoms with Crippen molar-refractivity contribution in [2.45, 2.75) is 5.92 Å². The van der Waals surface area contributed by atoms with Gasteiger partial charge in [0.25, 0.3) is 0 Å². The number of hydrogen-bond acceptors (Lipinski definition) is 9. The molecule has 1 aliphatic heterocycles. The third-order valence-corrected chi connectivity index (χ3v) is 5.63. The van der Waals surface area contributed by atoms with Crippen LogP contribution in [0, 0.1) is 11.3 Å². The van der Waals surface area contributed by atoms with Crippen LogP contribution in [0.4, 0.5) is 5.69 Å². The van der Waals surface area contributed by atoms with E-state index in [1.54, 1.807) is 30.3 Å². The van der Waals surface area contributed by atoms with Gasteiger partial charge in [0.05, 0.1) is 54.6 Å². The Morgan fingerprint density at radius 2 is 1.83 bits per heavy atom. The summed E-state index contributed by atoms with van der Waals surface area (Å²) < 4.78 is 9.96. The standard InChI is InChI=1S/C24H19N5O6/c1-34-23(32)18-17(12-6-4-3-5-7-12)16(10-25)21(26)29(20(18)24(33)35-2)14-8-13-11-27-28-19(13)15(9-14)22(30)31/h3-9,11,17H,26H2,1-2H3,(H,27,28)(H,30,31). The van der Waals surface area contributed by atoms with Crippen molar-refractivity contribution in [3.8, 4) is 6.07 Å². The normalized spacial score (nSPS) is 15.7. The van der Waals surface area contributed by atoms with Crippen LogP contribution in [0.2, 0.25) is 0 Å². The minimum absolute atomic E-state index is 0.0339. The Bertz CT molecular complexity index is 1460. The Morgan fingerprint density at radius 1 is 1.14 bits per heavy atom. The molecule has 3 aromatic rings. The Labute approximate surface area is 198 Å². The van der Waals surface area contributed by atoms with Gasteiger partial charge in [-0.05, 0) is 17.7 Å². The van der Waals surface area contributed by atoms with Gasteiger partial charge >= 0.3 is 17.9 Å². The number of fused-ring (bicyclic) bond motifs is 1. The molecular formula is C24H19N5O6. The molecule has 4 N–H and O–H groups in total. The Balaban J connectivity index is 2.11. The van der Waals surface area contributed by atoms with Crippen molar-refractivity contribution in [1.29, 1.82) is 5.26 Å². The van der Waals surface area contributed by atoms with Crippen molar-refractivity contribution in [1.82, 2.24) is 10.2 Å². The molecule has 1 aromatic heterocycles. The molecule has 0 spiro atoms. The number of carbonyl (C=O) groups is 3. The van der Waals surface area contributed by atoms with Gasteiger partial charge in [0, 0.05) is 11.1 Å². The molecule has 1 unspecified atom stereocenters. The quantitative estimate of drug-likeness (QED) is 0.466. The van der Waals surface area contributed by atoms with E-state index in [4.69, 9.17) is 15.2 Å². The van der Waals surface area contributed by atoms with Crippen LogP contribution < -0.4 is 10.6 Å². The predicted molar refractivity (Wildman–Crippen MR) is 123 cm³/mol. The number of rotatable bonds is 5. The number of nitrogens with two attached hydrogens (primary N) is 1. The van der Waals surface area contributed by atoms with Crippen molar-refractivity contribution in [2.75, 3.05) is 19.1 Å². The fourth-order valence-electron chi connectivity index (χ4n) is 4.12. The maximum atomic E-state index is 13.1. The Morgan fingerprint density at radius 3 is 2.43 bits per heavy atom. The Kier molecular flexibility index (Phi) is 5.95. The fraction of sp³-hybridized carbons (Fsp3) is 0.125. The zero-order chi connectivity index (χ0) is 25.3. The summed E-state index contributed by atoms with van der Waals surface area (Å²) in [6.45, 7) is 0. The number of hydrogen-bond donors (Lipinski definition) is 3. The molecule has 2 aromatic carbocycles. The summed E-state index contributed by atoms with van der Waals surface area (Å²) in [5.74, 6) is -4.29. The molecule has 2 heterocycles. The second kappa shape index (κ2) is 9.03. The highest BCUT2D eigenvalue weighted by atomic mass is 16.5. The monoisotopic (exact) mass is 473 g/mol. The maximum Gasteiger partial charge on any atom is 0.355 e. The number of carboxylic acid groups (broad SMARTS) is 1. The van der Waals surface area contributed by atoms with Crippen LogP contribution in [0.25, 0.3) is 10.9 Å². The highest BCUT2D eigenvalue weighted by molar-refractivity contribution is 6.08. The average molecular weight is 473 g/mol. The van der Waals surface area contributed by atoms with Gasteiger partial charge in [-0.15, -0.1) is 0 Å². The number of allylic oxidation sites excluding steroid dienone is 1. The smallest absolute Gasteiger partial charge is 0.355 e. The van der Waals surface area contributed by atoms with Gasteiger partial charge in [0.15, 0.2) is 0 Å². The van der Waals surface area contributed by atoms with Crippen molar-refractivity contribution < 1.29 is 29.0 Å². The first-order valence-corrected chi connectivity index (χ1v) is 10.2. The first-order valence-electron chi connectivity index (χ1n) is 10.2. The van der Waals surface area contributed by atoms with Crippen LogP contribution in [-0.2, 0) is 19.1 Å². The number of carbonyl (C=O) groups excluding carboxylic acids is 2. The average Bonchev–Trinajstić information content (AvgIpc) is 3.35. The van der Waals surface area contributed by atoms with E-state index < -0.39 is 23.8 Å². The summed E-state index contributed by atoms with van der Waals surface area (Å²) >= 11 is 0. The molecule has 176 valence electrons. The van der Waals surface area contributed by atoms with Gasteiger partial charge in [-0.25, -0.2) is 14.4 Å². The van der Waals surface area contributed by atoms with Crippen molar-refractivity contribution in [3.05, 3.63) is 82.5 Å². The molecule has 11 heteroatoms. The zero-order valence-corrected chi connectivity index (χ0v) is 18.6. The SMILES string of the molecule is COC(=O)C1=C(C(=O)OC)N(c2cc(C(=O)O)c3[nH]ncc3c2)C(N)=C(C#N)C1c1ccccc1. The van der Waals surface area contributed by atoms with Crippen LogP contribution in [0.5, 0.6) is 0 Å². The van der Waals surface area contributed by atoms with Crippen LogP contribution in [0.3, 0.4) is 0 Å². The number of esters is 2. The second-order valence-electron chi connectivity index (χ2n) is 7.47. The number of carboxylic acids is 1. The lowest BCUT2D eigenvalue weighted by Crippen LogP contribution is -2.40. The Hall–Kier alpha value is -5.11. The van der Waals surface area contributed by atoms with Gasteiger partial charge in [0.2, 0.25) is 0 Å². The maximum absolute atomic E-state index is 13.1. The van der Waals surface area contributed by atoms with E-state index >= 15 is 0 Å². The van der Waals surface area contributed by atoms with Crippen molar-refractivity contribution >= 4 is 34.5 Å². The fourth-order valence-corrected chi connectivity index (χ4v) is 4.12. The highest BCUT2D eigenvalue weighted by Crippen LogP contribution is 2.43. The van der Waals surface area contributed by atoms with E-state index in [-0.39, 0.29) is 39.4 Å². The van der Waals surface area contributed by atoms with Crippen molar-refractivity contribution in [2.24, 2.45) is 5.73 Å². The van der Waals surface area contributed by atoms with Gasteiger partial charge in [-0.1, -0.05) is 30.3 Å². The molecule has 35 heavy (non-hydrogen) atoms. The number of nitrogens with zero attached hydrogens (tertiary/aromatic N) is 3. The van der Waals surface area contributed by atoms with Crippen LogP contribution in [0.15, 0.2) is 71.3 Å². The molecule has 0 saturated carbocycles. The van der Waals surface area contributed by atoms with E-state index in [9.17, 15) is 24.8 Å². The van der Waals surface area contributed by atoms with E-state index in [1.165, 1.54) is 18.3 Å².